The van der Waals surface area contributed by atoms with E-state index in [1.165, 1.54) is 0 Å². The van der Waals surface area contributed by atoms with Gasteiger partial charge in [0.05, 0.1) is 11.4 Å². The smallest absolute Gasteiger partial charge is 0.409 e. The lowest BCUT2D eigenvalue weighted by molar-refractivity contribution is 0.210. The molecule has 0 unspecified atom stereocenters. The van der Waals surface area contributed by atoms with E-state index in [0.717, 1.165) is 16.8 Å². The Morgan fingerprint density at radius 2 is 1.59 bits per heavy atom. The minimum atomic E-state index is -1.06. The molecular weight excluding hydrogens is 276 g/mol. The van der Waals surface area contributed by atoms with E-state index in [9.17, 15) is 4.79 Å². The van der Waals surface area contributed by atoms with Gasteiger partial charge in [0.25, 0.3) is 0 Å². The van der Waals surface area contributed by atoms with Gasteiger partial charge < -0.3 is 9.67 Å². The van der Waals surface area contributed by atoms with Crippen molar-refractivity contribution in [2.45, 2.75) is 6.54 Å². The first-order chi connectivity index (χ1) is 10.7. The molecule has 0 atom stereocenters. The third kappa shape index (κ3) is 3.01. The van der Waals surface area contributed by atoms with Crippen molar-refractivity contribution in [1.82, 2.24) is 4.57 Å². The van der Waals surface area contributed by atoms with E-state index in [2.05, 4.69) is 22.0 Å². The molecule has 0 radical (unpaired) electrons. The van der Waals surface area contributed by atoms with E-state index in [4.69, 9.17) is 5.11 Å². The number of benzene rings is 2. The molecule has 3 rings (SSSR count). The monoisotopic (exact) mass is 292 g/mol. The van der Waals surface area contributed by atoms with Gasteiger partial charge in [-0.3, -0.25) is 5.32 Å². The third-order valence-electron chi connectivity index (χ3n) is 3.45. The molecule has 0 spiro atoms. The fourth-order valence-corrected chi connectivity index (χ4v) is 2.52. The summed E-state index contributed by atoms with van der Waals surface area (Å²) in [7, 11) is 0. The standard InChI is InChI=1S/C18H16N2O2/c21-18(22)19-16-11-12-20(13-14-7-3-1-4-8-14)17(16)15-9-5-2-6-10-15/h1-12,19H,13H2,(H,21,22). The summed E-state index contributed by atoms with van der Waals surface area (Å²) in [6, 6.07) is 21.7. The quantitative estimate of drug-likeness (QED) is 0.753. The highest BCUT2D eigenvalue weighted by Crippen LogP contribution is 2.30. The lowest BCUT2D eigenvalue weighted by Gasteiger charge is -2.12. The second kappa shape index (κ2) is 6.18. The van der Waals surface area contributed by atoms with Gasteiger partial charge in [0.15, 0.2) is 0 Å². The Morgan fingerprint density at radius 1 is 0.955 bits per heavy atom. The molecular formula is C18H16N2O2. The molecule has 0 aliphatic carbocycles. The number of amides is 1. The first-order valence-electron chi connectivity index (χ1n) is 7.02. The minimum absolute atomic E-state index is 0.592. The normalized spacial score (nSPS) is 10.4. The molecule has 2 aromatic carbocycles. The van der Waals surface area contributed by atoms with Gasteiger partial charge in [0.1, 0.15) is 0 Å². The van der Waals surface area contributed by atoms with Crippen molar-refractivity contribution in [3.63, 3.8) is 0 Å². The molecule has 4 heteroatoms. The zero-order chi connectivity index (χ0) is 15.4. The maximum absolute atomic E-state index is 11.0. The number of carboxylic acid groups (broad SMARTS) is 1. The first-order valence-corrected chi connectivity index (χ1v) is 7.02. The summed E-state index contributed by atoms with van der Waals surface area (Å²) in [6.07, 6.45) is 0.843. The zero-order valence-electron chi connectivity index (χ0n) is 11.9. The summed E-state index contributed by atoms with van der Waals surface area (Å²) in [5, 5.41) is 11.5. The van der Waals surface area contributed by atoms with Crippen LogP contribution in [0.2, 0.25) is 0 Å². The van der Waals surface area contributed by atoms with Crippen LogP contribution in [0, 0.1) is 0 Å². The largest absolute Gasteiger partial charge is 0.465 e. The van der Waals surface area contributed by atoms with E-state index < -0.39 is 6.09 Å². The van der Waals surface area contributed by atoms with Crippen LogP contribution < -0.4 is 5.32 Å². The van der Waals surface area contributed by atoms with Crippen LogP contribution in [0.4, 0.5) is 10.5 Å². The summed E-state index contributed by atoms with van der Waals surface area (Å²) in [4.78, 5) is 11.0. The molecule has 0 saturated carbocycles. The maximum atomic E-state index is 11.0. The third-order valence-corrected chi connectivity index (χ3v) is 3.45. The molecule has 0 fully saturated rings. The number of nitrogens with zero attached hydrogens (tertiary/aromatic N) is 1. The van der Waals surface area contributed by atoms with Gasteiger partial charge in [-0.2, -0.15) is 0 Å². The number of hydrogen-bond donors (Lipinski definition) is 2. The molecule has 1 amide bonds. The summed E-state index contributed by atoms with van der Waals surface area (Å²) in [6.45, 7) is 0.687. The number of aromatic nitrogens is 1. The fourth-order valence-electron chi connectivity index (χ4n) is 2.52. The predicted molar refractivity (Wildman–Crippen MR) is 87.1 cm³/mol. The molecule has 1 aromatic heterocycles. The Hall–Kier alpha value is -3.01. The van der Waals surface area contributed by atoms with Gasteiger partial charge in [-0.05, 0) is 11.6 Å². The Bertz CT molecular complexity index is 764. The van der Waals surface area contributed by atoms with Crippen molar-refractivity contribution in [3.8, 4) is 11.3 Å². The summed E-state index contributed by atoms with van der Waals surface area (Å²) >= 11 is 0. The van der Waals surface area contributed by atoms with Crippen molar-refractivity contribution >= 4 is 11.8 Å². The van der Waals surface area contributed by atoms with Gasteiger partial charge in [-0.15, -0.1) is 0 Å². The van der Waals surface area contributed by atoms with Crippen LogP contribution in [-0.4, -0.2) is 15.8 Å². The highest BCUT2D eigenvalue weighted by Gasteiger charge is 2.13. The Kier molecular flexibility index (Phi) is 3.92. The highest BCUT2D eigenvalue weighted by atomic mass is 16.4. The molecule has 0 aliphatic rings. The Labute approximate surface area is 128 Å². The van der Waals surface area contributed by atoms with Crippen molar-refractivity contribution in [2.75, 3.05) is 5.32 Å². The van der Waals surface area contributed by atoms with Crippen molar-refractivity contribution in [1.29, 1.82) is 0 Å². The van der Waals surface area contributed by atoms with E-state index in [-0.39, 0.29) is 0 Å². The Balaban J connectivity index is 2.03. The van der Waals surface area contributed by atoms with E-state index >= 15 is 0 Å². The molecule has 4 nitrogen and oxygen atoms in total. The second-order valence-corrected chi connectivity index (χ2v) is 4.99. The lowest BCUT2D eigenvalue weighted by atomic mass is 10.1. The number of hydrogen-bond acceptors (Lipinski definition) is 1. The number of carbonyl (C=O) groups is 1. The predicted octanol–water partition coefficient (Wildman–Crippen LogP) is 4.29. The number of rotatable bonds is 4. The van der Waals surface area contributed by atoms with Crippen LogP contribution in [0.15, 0.2) is 72.9 Å². The lowest BCUT2D eigenvalue weighted by Crippen LogP contribution is -2.09. The van der Waals surface area contributed by atoms with Crippen LogP contribution >= 0.6 is 0 Å². The van der Waals surface area contributed by atoms with Crippen molar-refractivity contribution in [3.05, 3.63) is 78.5 Å². The van der Waals surface area contributed by atoms with Crippen LogP contribution in [0.1, 0.15) is 5.56 Å². The van der Waals surface area contributed by atoms with E-state index in [1.807, 2.05) is 54.7 Å². The van der Waals surface area contributed by atoms with Crippen LogP contribution in [0.25, 0.3) is 11.3 Å². The molecule has 0 aliphatic heterocycles. The molecule has 0 bridgehead atoms. The van der Waals surface area contributed by atoms with Gasteiger partial charge in [0.2, 0.25) is 0 Å². The van der Waals surface area contributed by atoms with Crippen LogP contribution in [0.3, 0.4) is 0 Å². The molecule has 22 heavy (non-hydrogen) atoms. The van der Waals surface area contributed by atoms with Gasteiger partial charge >= 0.3 is 6.09 Å². The fraction of sp³-hybridized carbons (Fsp3) is 0.0556. The highest BCUT2D eigenvalue weighted by molar-refractivity contribution is 5.89. The summed E-state index contributed by atoms with van der Waals surface area (Å²) < 4.78 is 2.05. The SMILES string of the molecule is O=C(O)Nc1ccn(Cc2ccccc2)c1-c1ccccc1. The average molecular weight is 292 g/mol. The zero-order valence-corrected chi connectivity index (χ0v) is 11.9. The molecule has 1 heterocycles. The van der Waals surface area contributed by atoms with Crippen molar-refractivity contribution < 1.29 is 9.90 Å². The Morgan fingerprint density at radius 3 is 2.23 bits per heavy atom. The van der Waals surface area contributed by atoms with E-state index in [1.54, 1.807) is 6.07 Å². The number of anilines is 1. The van der Waals surface area contributed by atoms with Gasteiger partial charge in [0, 0.05) is 18.3 Å². The maximum Gasteiger partial charge on any atom is 0.409 e. The van der Waals surface area contributed by atoms with Crippen molar-refractivity contribution in [2.24, 2.45) is 0 Å². The van der Waals surface area contributed by atoms with Gasteiger partial charge in [-0.25, -0.2) is 4.79 Å². The van der Waals surface area contributed by atoms with Crippen LogP contribution in [0.5, 0.6) is 0 Å². The molecule has 0 saturated heterocycles. The minimum Gasteiger partial charge on any atom is -0.465 e. The second-order valence-electron chi connectivity index (χ2n) is 4.99. The van der Waals surface area contributed by atoms with Crippen LogP contribution in [-0.2, 0) is 6.54 Å². The molecule has 2 N–H and O–H groups in total. The topological polar surface area (TPSA) is 54.3 Å². The summed E-state index contributed by atoms with van der Waals surface area (Å²) in [5.74, 6) is 0. The number of nitrogens with one attached hydrogen (secondary N) is 1. The van der Waals surface area contributed by atoms with Gasteiger partial charge in [-0.1, -0.05) is 60.7 Å². The molecule has 110 valence electrons. The first kappa shape index (κ1) is 13.9. The average Bonchev–Trinajstić information content (AvgIpc) is 2.91. The molecule has 3 aromatic rings. The van der Waals surface area contributed by atoms with E-state index in [0.29, 0.717) is 12.2 Å². The summed E-state index contributed by atoms with van der Waals surface area (Å²) in [5.41, 5.74) is 3.60.